The zero-order valence-electron chi connectivity index (χ0n) is 16.5. The predicted octanol–water partition coefficient (Wildman–Crippen LogP) is 2.62. The molecule has 0 aliphatic carbocycles. The van der Waals surface area contributed by atoms with Crippen LogP contribution in [0.5, 0.6) is 0 Å². The Morgan fingerprint density at radius 2 is 1.21 bits per heavy atom. The molecule has 0 saturated carbocycles. The van der Waals surface area contributed by atoms with E-state index in [0.717, 1.165) is 5.06 Å². The lowest BCUT2D eigenvalue weighted by molar-refractivity contribution is -0.433. The summed E-state index contributed by atoms with van der Waals surface area (Å²) in [6, 6.07) is 0. The van der Waals surface area contributed by atoms with Gasteiger partial charge in [0.25, 0.3) is 0 Å². The van der Waals surface area contributed by atoms with Crippen LogP contribution < -0.4 is 0 Å². The van der Waals surface area contributed by atoms with Crippen molar-refractivity contribution in [2.45, 2.75) is 115 Å². The molecule has 0 bridgehead atoms. The highest BCUT2D eigenvalue weighted by Gasteiger charge is 2.57. The van der Waals surface area contributed by atoms with Crippen LogP contribution in [-0.2, 0) is 10.0 Å². The molecule has 2 saturated heterocycles. The Morgan fingerprint density at radius 3 is 1.58 bits per heavy atom. The first-order chi connectivity index (χ1) is 10.5. The molecular weight excluding hydrogens is 308 g/mol. The summed E-state index contributed by atoms with van der Waals surface area (Å²) in [6.07, 6.45) is 1.23. The van der Waals surface area contributed by atoms with Gasteiger partial charge in [-0.05, 0) is 68.2 Å². The maximum atomic E-state index is 12.5. The quantitative estimate of drug-likeness (QED) is 0.754. The molecule has 1 radical (unpaired) electrons. The van der Waals surface area contributed by atoms with Crippen molar-refractivity contribution in [2.75, 3.05) is 0 Å². The van der Waals surface area contributed by atoms with Crippen LogP contribution in [0.15, 0.2) is 0 Å². The van der Waals surface area contributed by atoms with Gasteiger partial charge in [0.1, 0.15) is 0 Å². The lowest BCUT2D eigenvalue weighted by Crippen LogP contribution is -2.69. The van der Waals surface area contributed by atoms with Crippen molar-refractivity contribution in [2.24, 2.45) is 0 Å². The number of piperidine rings is 2. The van der Waals surface area contributed by atoms with E-state index in [-0.39, 0.29) is 18.9 Å². The second-order valence-electron chi connectivity index (χ2n) is 10.3. The molecule has 2 heterocycles. The molecule has 2 N–H and O–H groups in total. The minimum Gasteiger partial charge on any atom is -0.393 e. The SMILES string of the molecule is CC1(C)CC(O)(ON2C(C)(C)CC(O)CC2(C)C)CC(C)(C)N1[O]. The Bertz CT molecular complexity index is 451. The molecule has 2 fully saturated rings. The normalized spacial score (nSPS) is 32.6. The Hall–Kier alpha value is -0.240. The second-order valence-corrected chi connectivity index (χ2v) is 10.3. The average Bonchev–Trinajstić information content (AvgIpc) is 2.28. The van der Waals surface area contributed by atoms with Crippen LogP contribution >= 0.6 is 0 Å². The van der Waals surface area contributed by atoms with Crippen molar-refractivity contribution in [1.82, 2.24) is 10.1 Å². The van der Waals surface area contributed by atoms with Gasteiger partial charge < -0.3 is 10.2 Å². The van der Waals surface area contributed by atoms with Gasteiger partial charge in [0.2, 0.25) is 0 Å². The molecule has 0 spiro atoms. The van der Waals surface area contributed by atoms with Gasteiger partial charge in [0.15, 0.2) is 5.79 Å². The van der Waals surface area contributed by atoms with Gasteiger partial charge >= 0.3 is 0 Å². The molecule has 2 aliphatic heterocycles. The van der Waals surface area contributed by atoms with Gasteiger partial charge in [-0.2, -0.15) is 5.06 Å². The maximum absolute atomic E-state index is 12.5. The van der Waals surface area contributed by atoms with Crippen molar-refractivity contribution in [3.63, 3.8) is 0 Å². The van der Waals surface area contributed by atoms with Crippen LogP contribution in [0, 0.1) is 0 Å². The van der Waals surface area contributed by atoms with Crippen LogP contribution in [-0.4, -0.2) is 54.4 Å². The van der Waals surface area contributed by atoms with Gasteiger partial charge in [-0.15, -0.1) is 10.3 Å². The summed E-state index contributed by atoms with van der Waals surface area (Å²) in [5.41, 5.74) is -2.28. The fourth-order valence-electron chi connectivity index (χ4n) is 5.07. The average molecular weight is 343 g/mol. The van der Waals surface area contributed by atoms with E-state index in [2.05, 4.69) is 0 Å². The number of aliphatic hydroxyl groups excluding tert-OH is 1. The molecule has 0 unspecified atom stereocenters. The van der Waals surface area contributed by atoms with Gasteiger partial charge in [0, 0.05) is 35.0 Å². The van der Waals surface area contributed by atoms with Crippen LogP contribution in [0.1, 0.15) is 81.1 Å². The molecule has 0 aromatic rings. The maximum Gasteiger partial charge on any atom is 0.189 e. The van der Waals surface area contributed by atoms with E-state index >= 15 is 0 Å². The topological polar surface area (TPSA) is 76.1 Å². The highest BCUT2D eigenvalue weighted by atomic mass is 16.8. The third kappa shape index (κ3) is 3.64. The molecule has 0 aromatic carbocycles. The van der Waals surface area contributed by atoms with Crippen molar-refractivity contribution < 1.29 is 20.3 Å². The monoisotopic (exact) mass is 343 g/mol. The Labute approximate surface area is 146 Å². The summed E-state index contributed by atoms with van der Waals surface area (Å²) in [7, 11) is 0. The first kappa shape index (κ1) is 20.1. The number of hydrogen-bond donors (Lipinski definition) is 2. The predicted molar refractivity (Wildman–Crippen MR) is 91.2 cm³/mol. The molecule has 141 valence electrons. The van der Waals surface area contributed by atoms with Crippen molar-refractivity contribution in [3.8, 4) is 0 Å². The van der Waals surface area contributed by atoms with Gasteiger partial charge in [-0.3, -0.25) is 4.84 Å². The number of nitrogens with zero attached hydrogens (tertiary/aromatic N) is 2. The summed E-state index contributed by atoms with van der Waals surface area (Å²) in [6.45, 7) is 15.4. The zero-order valence-corrected chi connectivity index (χ0v) is 16.5. The third-order valence-corrected chi connectivity index (χ3v) is 5.35. The summed E-state index contributed by atoms with van der Waals surface area (Å²) >= 11 is 0. The lowest BCUT2D eigenvalue weighted by atomic mass is 9.77. The molecule has 2 rings (SSSR count). The highest BCUT2D eigenvalue weighted by molar-refractivity contribution is 5.02. The summed E-state index contributed by atoms with van der Waals surface area (Å²) in [4.78, 5) is 6.23. The fraction of sp³-hybridized carbons (Fsp3) is 1.00. The summed E-state index contributed by atoms with van der Waals surface area (Å²) in [5.74, 6) is -1.41. The molecule has 24 heavy (non-hydrogen) atoms. The van der Waals surface area contributed by atoms with E-state index in [9.17, 15) is 15.4 Å². The molecular formula is C18H35N2O4. The Morgan fingerprint density at radius 1 is 0.833 bits per heavy atom. The van der Waals surface area contributed by atoms with Gasteiger partial charge in [-0.1, -0.05) is 0 Å². The van der Waals surface area contributed by atoms with E-state index in [1.165, 1.54) is 0 Å². The van der Waals surface area contributed by atoms with Crippen LogP contribution in [0.3, 0.4) is 0 Å². The summed E-state index contributed by atoms with van der Waals surface area (Å²) in [5, 5.41) is 36.9. The van der Waals surface area contributed by atoms with Crippen molar-refractivity contribution in [3.05, 3.63) is 0 Å². The number of hydroxylamine groups is 4. The minimum atomic E-state index is -1.41. The first-order valence-electron chi connectivity index (χ1n) is 8.88. The molecule has 0 atom stereocenters. The smallest absolute Gasteiger partial charge is 0.189 e. The first-order valence-corrected chi connectivity index (χ1v) is 8.88. The third-order valence-electron chi connectivity index (χ3n) is 5.35. The standard InChI is InChI=1S/C18H35N2O4/c1-14(2)9-13(21)10-15(3,4)20(14)24-18(22)11-16(5,6)19(23)17(7,8)12-18/h13,21-22H,9-12H2,1-8H3. The van der Waals surface area contributed by atoms with Crippen molar-refractivity contribution in [1.29, 1.82) is 0 Å². The van der Waals surface area contributed by atoms with Crippen molar-refractivity contribution >= 4 is 0 Å². The highest BCUT2D eigenvalue weighted by Crippen LogP contribution is 2.47. The number of aliphatic hydroxyl groups is 2. The second kappa shape index (κ2) is 5.63. The van der Waals surface area contributed by atoms with E-state index in [1.54, 1.807) is 0 Å². The van der Waals surface area contributed by atoms with Gasteiger partial charge in [0.05, 0.1) is 6.10 Å². The lowest BCUT2D eigenvalue weighted by Gasteiger charge is -2.58. The number of hydrogen-bond acceptors (Lipinski definition) is 5. The van der Waals surface area contributed by atoms with E-state index in [0.29, 0.717) is 12.8 Å². The molecule has 6 nitrogen and oxygen atoms in total. The Kier molecular flexibility index (Phi) is 4.71. The van der Waals surface area contributed by atoms with E-state index in [4.69, 9.17) is 4.84 Å². The van der Waals surface area contributed by atoms with Crippen LogP contribution in [0.2, 0.25) is 0 Å². The molecule has 0 amide bonds. The molecule has 6 heteroatoms. The summed E-state index contributed by atoms with van der Waals surface area (Å²) < 4.78 is 0. The number of rotatable bonds is 2. The van der Waals surface area contributed by atoms with Crippen LogP contribution in [0.25, 0.3) is 0 Å². The van der Waals surface area contributed by atoms with Gasteiger partial charge in [-0.25, -0.2) is 0 Å². The minimum absolute atomic E-state index is 0.234. The van der Waals surface area contributed by atoms with Crippen LogP contribution in [0.4, 0.5) is 0 Å². The van der Waals surface area contributed by atoms with E-state index in [1.807, 2.05) is 60.5 Å². The Balaban J connectivity index is 2.31. The largest absolute Gasteiger partial charge is 0.393 e. The molecule has 0 aromatic heterocycles. The molecule has 2 aliphatic rings. The fourth-order valence-corrected chi connectivity index (χ4v) is 5.07. The van der Waals surface area contributed by atoms with E-state index < -0.39 is 27.9 Å². The zero-order chi connectivity index (χ0) is 18.8.